The predicted octanol–water partition coefficient (Wildman–Crippen LogP) is 2.60. The molecule has 0 unspecified atom stereocenters. The largest absolute Gasteiger partial charge is 0.364 e. The van der Waals surface area contributed by atoms with Gasteiger partial charge in [-0.2, -0.15) is 4.31 Å². The fraction of sp³-hybridized carbons (Fsp3) is 0.276. The van der Waals surface area contributed by atoms with E-state index in [1.165, 1.54) is 28.6 Å². The summed E-state index contributed by atoms with van der Waals surface area (Å²) >= 11 is 0. The van der Waals surface area contributed by atoms with Gasteiger partial charge in [-0.15, -0.1) is 0 Å². The molecule has 0 bridgehead atoms. The number of barbiturate groups is 1. The van der Waals surface area contributed by atoms with E-state index in [0.29, 0.717) is 16.8 Å². The number of aryl methyl sites for hydroxylation is 1. The molecule has 2 fully saturated rings. The Kier molecular flexibility index (Phi) is 6.58. The topological polar surface area (TPSA) is 150 Å². The normalized spacial score (nSPS) is 22.5. The lowest BCUT2D eigenvalue weighted by molar-refractivity contribution is -0.384. The molecule has 12 nitrogen and oxygen atoms in total. The third-order valence-corrected chi connectivity index (χ3v) is 10.2. The van der Waals surface area contributed by atoms with Crippen LogP contribution in [-0.4, -0.2) is 66.1 Å². The summed E-state index contributed by atoms with van der Waals surface area (Å²) in [5, 5.41) is 13.9. The van der Waals surface area contributed by atoms with E-state index in [-0.39, 0.29) is 43.2 Å². The molecule has 1 N–H and O–H groups in total. The van der Waals surface area contributed by atoms with Crippen LogP contribution < -0.4 is 10.2 Å². The number of amides is 4. The van der Waals surface area contributed by atoms with Gasteiger partial charge >= 0.3 is 6.03 Å². The van der Waals surface area contributed by atoms with Crippen LogP contribution >= 0.6 is 0 Å². The molecule has 2 saturated heterocycles. The standard InChI is InChI=1S/C29H27N5O7S/c1-19-7-10-23(11-8-19)42(40,41)31-13-14-32-24-12-9-22(34(38)39)15-21(24)16-29(25(32)18-31)26(35)30-28(37)33(27(29)36)17-20-5-3-2-4-6-20/h2-12,15,25H,13-14,16-18H2,1H3,(H,30,35,37)/t25-,29+/m1/s1. The first-order chi connectivity index (χ1) is 20.0. The summed E-state index contributed by atoms with van der Waals surface area (Å²) in [6.07, 6.45) is -0.243. The highest BCUT2D eigenvalue weighted by Gasteiger charge is 2.63. The number of sulfonamides is 1. The molecule has 3 aliphatic heterocycles. The fourth-order valence-electron chi connectivity index (χ4n) is 6.14. The lowest BCUT2D eigenvalue weighted by Crippen LogP contribution is -2.75. The SMILES string of the molecule is Cc1ccc(S(=O)(=O)N2CCN3c4ccc([N+](=O)[O-])cc4C[C@@]4(C(=O)NC(=O)N(Cc5ccccc5)C4=O)[C@H]3C2)cc1. The highest BCUT2D eigenvalue weighted by Crippen LogP contribution is 2.47. The molecule has 0 aliphatic carbocycles. The first-order valence-electron chi connectivity index (χ1n) is 13.3. The second-order valence-electron chi connectivity index (χ2n) is 10.7. The molecule has 1 spiro atoms. The van der Waals surface area contributed by atoms with E-state index in [0.717, 1.165) is 10.5 Å². The number of piperazine rings is 1. The van der Waals surface area contributed by atoms with E-state index in [9.17, 15) is 32.9 Å². The Morgan fingerprint density at radius 2 is 1.71 bits per heavy atom. The van der Waals surface area contributed by atoms with Crippen LogP contribution in [0, 0.1) is 22.5 Å². The zero-order chi connectivity index (χ0) is 29.8. The van der Waals surface area contributed by atoms with Crippen molar-refractivity contribution in [1.29, 1.82) is 0 Å². The van der Waals surface area contributed by atoms with Crippen LogP contribution in [0.3, 0.4) is 0 Å². The predicted molar refractivity (Wildman–Crippen MR) is 151 cm³/mol. The van der Waals surface area contributed by atoms with Crippen molar-refractivity contribution in [3.05, 3.63) is 99.6 Å². The Labute approximate surface area is 241 Å². The molecule has 3 aromatic rings. The first-order valence-corrected chi connectivity index (χ1v) is 14.8. The molecule has 3 aliphatic rings. The molecule has 13 heteroatoms. The minimum Gasteiger partial charge on any atom is -0.364 e. The highest BCUT2D eigenvalue weighted by molar-refractivity contribution is 7.89. The van der Waals surface area contributed by atoms with Gasteiger partial charge in [-0.1, -0.05) is 48.0 Å². The number of nitrogens with zero attached hydrogens (tertiary/aromatic N) is 4. The maximum atomic E-state index is 14.4. The molecule has 0 saturated carbocycles. The second-order valence-corrected chi connectivity index (χ2v) is 12.7. The van der Waals surface area contributed by atoms with E-state index in [1.54, 1.807) is 53.4 Å². The van der Waals surface area contributed by atoms with Crippen LogP contribution in [0.15, 0.2) is 77.7 Å². The van der Waals surface area contributed by atoms with Gasteiger partial charge in [0.2, 0.25) is 21.8 Å². The number of imide groups is 2. The Bertz CT molecular complexity index is 1730. The highest BCUT2D eigenvalue weighted by atomic mass is 32.2. The minimum atomic E-state index is -3.99. The van der Waals surface area contributed by atoms with Crippen LogP contribution in [0.2, 0.25) is 0 Å². The van der Waals surface area contributed by atoms with Gasteiger partial charge in [0.1, 0.15) is 0 Å². The van der Waals surface area contributed by atoms with Crippen molar-refractivity contribution in [2.75, 3.05) is 24.5 Å². The number of hydrogen-bond acceptors (Lipinski definition) is 8. The summed E-state index contributed by atoms with van der Waals surface area (Å²) in [7, 11) is -3.99. The number of nitro benzene ring substituents is 1. The van der Waals surface area contributed by atoms with Gasteiger partial charge in [0.05, 0.1) is 22.4 Å². The minimum absolute atomic E-state index is 0.0572. The van der Waals surface area contributed by atoms with Gasteiger partial charge in [0, 0.05) is 43.9 Å². The van der Waals surface area contributed by atoms with Gasteiger partial charge in [0.25, 0.3) is 5.69 Å². The summed E-state index contributed by atoms with van der Waals surface area (Å²) < 4.78 is 28.7. The quantitative estimate of drug-likeness (QED) is 0.271. The summed E-state index contributed by atoms with van der Waals surface area (Å²) in [5.41, 5.74) is 0.393. The summed E-state index contributed by atoms with van der Waals surface area (Å²) in [5.74, 6) is -1.63. The Hall–Kier alpha value is -4.62. The molecule has 216 valence electrons. The number of hydrogen-bond donors (Lipinski definition) is 1. The number of carbonyl (C=O) groups is 3. The molecule has 3 heterocycles. The van der Waals surface area contributed by atoms with E-state index >= 15 is 0 Å². The maximum absolute atomic E-state index is 14.4. The number of nitro groups is 1. The lowest BCUT2D eigenvalue weighted by Gasteiger charge is -2.55. The molecule has 0 aromatic heterocycles. The van der Waals surface area contributed by atoms with Gasteiger partial charge in [-0.05, 0) is 36.2 Å². The first kappa shape index (κ1) is 27.5. The molecule has 3 aromatic carbocycles. The lowest BCUT2D eigenvalue weighted by atomic mass is 9.67. The summed E-state index contributed by atoms with van der Waals surface area (Å²) in [6.45, 7) is 1.70. The molecular weight excluding hydrogens is 562 g/mol. The number of urea groups is 1. The van der Waals surface area contributed by atoms with Gasteiger partial charge in [-0.3, -0.25) is 29.9 Å². The van der Waals surface area contributed by atoms with E-state index in [1.807, 2.05) is 6.92 Å². The number of fused-ring (bicyclic) bond motifs is 4. The summed E-state index contributed by atoms with van der Waals surface area (Å²) in [6, 6.07) is 17.6. The maximum Gasteiger partial charge on any atom is 0.331 e. The number of non-ortho nitro benzene ring substituents is 1. The molecule has 4 amide bonds. The molecule has 0 radical (unpaired) electrons. The van der Waals surface area contributed by atoms with Gasteiger partial charge in [-0.25, -0.2) is 13.2 Å². The number of anilines is 1. The number of benzene rings is 3. The van der Waals surface area contributed by atoms with E-state index in [4.69, 9.17) is 0 Å². The molecule has 6 rings (SSSR count). The monoisotopic (exact) mass is 589 g/mol. The van der Waals surface area contributed by atoms with Crippen LogP contribution in [0.1, 0.15) is 16.7 Å². The number of nitrogens with one attached hydrogen (secondary N) is 1. The van der Waals surface area contributed by atoms with Crippen molar-refractivity contribution in [3.63, 3.8) is 0 Å². The second kappa shape index (κ2) is 10.0. The fourth-order valence-corrected chi connectivity index (χ4v) is 7.57. The van der Waals surface area contributed by atoms with Crippen molar-refractivity contribution < 1.29 is 27.7 Å². The van der Waals surface area contributed by atoms with E-state index < -0.39 is 44.2 Å². The Morgan fingerprint density at radius 1 is 1.00 bits per heavy atom. The third-order valence-electron chi connectivity index (χ3n) is 8.30. The van der Waals surface area contributed by atoms with Crippen molar-refractivity contribution in [2.24, 2.45) is 5.41 Å². The van der Waals surface area contributed by atoms with Crippen molar-refractivity contribution in [2.45, 2.75) is 30.8 Å². The van der Waals surface area contributed by atoms with Crippen LogP contribution in [0.4, 0.5) is 16.2 Å². The smallest absolute Gasteiger partial charge is 0.331 e. The number of carbonyl (C=O) groups excluding carboxylic acids is 3. The molecule has 2 atom stereocenters. The van der Waals surface area contributed by atoms with Crippen molar-refractivity contribution >= 4 is 39.2 Å². The van der Waals surface area contributed by atoms with Crippen LogP contribution in [-0.2, 0) is 32.6 Å². The zero-order valence-electron chi connectivity index (χ0n) is 22.6. The zero-order valence-corrected chi connectivity index (χ0v) is 23.4. The van der Waals surface area contributed by atoms with Crippen LogP contribution in [0.25, 0.3) is 0 Å². The van der Waals surface area contributed by atoms with Crippen LogP contribution in [0.5, 0.6) is 0 Å². The van der Waals surface area contributed by atoms with Gasteiger partial charge < -0.3 is 4.90 Å². The Morgan fingerprint density at radius 3 is 2.40 bits per heavy atom. The van der Waals surface area contributed by atoms with Crippen molar-refractivity contribution in [1.82, 2.24) is 14.5 Å². The average Bonchev–Trinajstić information content (AvgIpc) is 2.98. The average molecular weight is 590 g/mol. The van der Waals surface area contributed by atoms with Crippen molar-refractivity contribution in [3.8, 4) is 0 Å². The Balaban J connectivity index is 1.46. The summed E-state index contributed by atoms with van der Waals surface area (Å²) in [4.78, 5) is 55.1. The van der Waals surface area contributed by atoms with E-state index in [2.05, 4.69) is 5.32 Å². The molecule has 42 heavy (non-hydrogen) atoms. The number of rotatable bonds is 5. The van der Waals surface area contributed by atoms with Gasteiger partial charge in [0.15, 0.2) is 5.41 Å². The third kappa shape index (κ3) is 4.32. The molecular formula is C29H27N5O7S.